The maximum atomic E-state index is 7.99. The molecule has 0 aliphatic heterocycles. The van der Waals surface area contributed by atoms with Crippen LogP contribution >= 0.6 is 0 Å². The minimum absolute atomic E-state index is 0.543. The third-order valence-corrected chi connectivity index (χ3v) is 3.59. The van der Waals surface area contributed by atoms with Crippen LogP contribution in [0.15, 0.2) is 77.2 Å². The lowest BCUT2D eigenvalue weighted by atomic mass is 9.99. The Kier molecular flexibility index (Phi) is 8.34. The maximum Gasteiger partial charge on any atom is 0.0536 e. The van der Waals surface area contributed by atoms with Gasteiger partial charge in [0.25, 0.3) is 0 Å². The summed E-state index contributed by atoms with van der Waals surface area (Å²) in [6.07, 6.45) is 9.09. The van der Waals surface area contributed by atoms with Gasteiger partial charge >= 0.3 is 0 Å². The fraction of sp³-hybridized carbons (Fsp3) is 0.286. The highest BCUT2D eigenvalue weighted by Gasteiger charge is 2.06. The minimum Gasteiger partial charge on any atom is -0.401 e. The van der Waals surface area contributed by atoms with Gasteiger partial charge in [-0.1, -0.05) is 55.5 Å². The molecule has 4 N–H and O–H groups in total. The summed E-state index contributed by atoms with van der Waals surface area (Å²) in [4.78, 5) is 0. The van der Waals surface area contributed by atoms with E-state index in [0.717, 1.165) is 29.0 Å². The van der Waals surface area contributed by atoms with Gasteiger partial charge in [0.1, 0.15) is 0 Å². The lowest BCUT2D eigenvalue weighted by Gasteiger charge is -2.13. The highest BCUT2D eigenvalue weighted by Crippen LogP contribution is 2.17. The Morgan fingerprint density at radius 1 is 1.21 bits per heavy atom. The van der Waals surface area contributed by atoms with Crippen LogP contribution in [-0.4, -0.2) is 5.71 Å². The molecule has 0 saturated carbocycles. The highest BCUT2D eigenvalue weighted by molar-refractivity contribution is 6.00. The quantitative estimate of drug-likeness (QED) is 0.473. The first-order chi connectivity index (χ1) is 11.5. The van der Waals surface area contributed by atoms with Crippen LogP contribution in [0.1, 0.15) is 39.7 Å². The van der Waals surface area contributed by atoms with E-state index < -0.39 is 0 Å². The summed E-state index contributed by atoms with van der Waals surface area (Å²) >= 11 is 0. The molecule has 3 heteroatoms. The molecule has 0 fully saturated rings. The van der Waals surface area contributed by atoms with Crippen molar-refractivity contribution in [1.29, 1.82) is 5.41 Å². The molecule has 3 nitrogen and oxygen atoms in total. The van der Waals surface area contributed by atoms with E-state index >= 15 is 0 Å². The maximum absolute atomic E-state index is 7.99. The molecule has 0 amide bonds. The van der Waals surface area contributed by atoms with Crippen molar-refractivity contribution < 1.29 is 0 Å². The Bertz CT molecular complexity index is 658. The van der Waals surface area contributed by atoms with E-state index in [-0.39, 0.29) is 0 Å². The molecule has 0 spiro atoms. The molecular weight excluding hydrogens is 294 g/mol. The van der Waals surface area contributed by atoms with Crippen LogP contribution in [0.2, 0.25) is 0 Å². The number of hydrogen-bond acceptors (Lipinski definition) is 3. The van der Waals surface area contributed by atoms with Crippen LogP contribution in [-0.2, 0) is 6.54 Å². The van der Waals surface area contributed by atoms with Crippen molar-refractivity contribution in [3.63, 3.8) is 0 Å². The van der Waals surface area contributed by atoms with Crippen molar-refractivity contribution in [2.45, 2.75) is 40.7 Å². The topological polar surface area (TPSA) is 61.9 Å². The zero-order valence-corrected chi connectivity index (χ0v) is 15.2. The van der Waals surface area contributed by atoms with Crippen molar-refractivity contribution in [2.75, 3.05) is 0 Å². The van der Waals surface area contributed by atoms with Crippen LogP contribution in [0.5, 0.6) is 0 Å². The Balaban J connectivity index is 3.11. The summed E-state index contributed by atoms with van der Waals surface area (Å²) in [7, 11) is 0. The average molecular weight is 323 g/mol. The molecule has 0 aliphatic carbocycles. The molecule has 0 saturated heterocycles. The average Bonchev–Trinajstić information content (AvgIpc) is 2.56. The van der Waals surface area contributed by atoms with Crippen LogP contribution in [0.4, 0.5) is 0 Å². The summed E-state index contributed by atoms with van der Waals surface area (Å²) in [6, 6.07) is 10.2. The monoisotopic (exact) mass is 323 g/mol. The van der Waals surface area contributed by atoms with Gasteiger partial charge in [-0.2, -0.15) is 0 Å². The summed E-state index contributed by atoms with van der Waals surface area (Å²) in [5.41, 5.74) is 11.3. The molecule has 128 valence electrons. The largest absolute Gasteiger partial charge is 0.401 e. The predicted octanol–water partition coefficient (Wildman–Crippen LogP) is 4.84. The van der Waals surface area contributed by atoms with E-state index in [9.17, 15) is 0 Å². The fourth-order valence-corrected chi connectivity index (χ4v) is 2.31. The fourth-order valence-electron chi connectivity index (χ4n) is 2.31. The Hall–Kier alpha value is -2.55. The number of hydrogen-bond donors (Lipinski definition) is 3. The second kappa shape index (κ2) is 10.3. The number of rotatable bonds is 8. The van der Waals surface area contributed by atoms with Crippen LogP contribution in [0.25, 0.3) is 0 Å². The van der Waals surface area contributed by atoms with E-state index in [0.29, 0.717) is 12.3 Å². The standard InChI is InChI=1S/C21H29N3/c1-5-7-13-19(20(6-2)16(3)22)14-21(17(4)23)24-15-18-11-9-8-10-12-18/h6-14,22,24H,5,15,23H2,1-4H3/b13-7+,19-14+,20-6-,21-17-,22-16?. The van der Waals surface area contributed by atoms with Crippen LogP contribution < -0.4 is 11.1 Å². The molecular formula is C21H29N3. The van der Waals surface area contributed by atoms with Crippen molar-refractivity contribution in [2.24, 2.45) is 5.73 Å². The van der Waals surface area contributed by atoms with Gasteiger partial charge in [-0.15, -0.1) is 0 Å². The van der Waals surface area contributed by atoms with Gasteiger partial charge in [0.15, 0.2) is 0 Å². The van der Waals surface area contributed by atoms with E-state index in [1.807, 2.05) is 44.2 Å². The number of nitrogens with two attached hydrogens (primary N) is 1. The van der Waals surface area contributed by atoms with Gasteiger partial charge in [-0.3, -0.25) is 0 Å². The molecule has 24 heavy (non-hydrogen) atoms. The van der Waals surface area contributed by atoms with Crippen LogP contribution in [0.3, 0.4) is 0 Å². The molecule has 1 rings (SSSR count). The molecule has 0 radical (unpaired) electrons. The Labute approximate surface area is 146 Å². The third-order valence-electron chi connectivity index (χ3n) is 3.59. The van der Waals surface area contributed by atoms with Gasteiger partial charge < -0.3 is 16.5 Å². The van der Waals surface area contributed by atoms with Gasteiger partial charge in [0.2, 0.25) is 0 Å². The lowest BCUT2D eigenvalue weighted by molar-refractivity contribution is 0.817. The van der Waals surface area contributed by atoms with Crippen molar-refractivity contribution in [3.05, 3.63) is 82.7 Å². The highest BCUT2D eigenvalue weighted by atomic mass is 14.9. The zero-order chi connectivity index (χ0) is 17.9. The molecule has 0 unspecified atom stereocenters. The first-order valence-electron chi connectivity index (χ1n) is 8.34. The predicted molar refractivity (Wildman–Crippen MR) is 105 cm³/mol. The minimum atomic E-state index is 0.543. The SMILES string of the molecule is C/C=C(/C(C)=N)C(=C/C(NCc1ccccc1)=C(\C)N)/C=C/CC. The summed E-state index contributed by atoms with van der Waals surface area (Å²) < 4.78 is 0. The Morgan fingerprint density at radius 2 is 1.88 bits per heavy atom. The smallest absolute Gasteiger partial charge is 0.0536 e. The van der Waals surface area contributed by atoms with E-state index in [1.165, 1.54) is 5.56 Å². The van der Waals surface area contributed by atoms with Gasteiger partial charge in [-0.25, -0.2) is 0 Å². The molecule has 0 aliphatic rings. The van der Waals surface area contributed by atoms with Gasteiger partial charge in [0.05, 0.1) is 5.70 Å². The van der Waals surface area contributed by atoms with Crippen molar-refractivity contribution in [1.82, 2.24) is 5.32 Å². The molecule has 1 aromatic carbocycles. The number of allylic oxidation sites excluding steroid dienone is 7. The molecule has 0 heterocycles. The second-order valence-electron chi connectivity index (χ2n) is 5.67. The summed E-state index contributed by atoms with van der Waals surface area (Å²) in [5, 5.41) is 11.4. The van der Waals surface area contributed by atoms with E-state index in [4.69, 9.17) is 11.1 Å². The third kappa shape index (κ3) is 6.29. The number of benzene rings is 1. The summed E-state index contributed by atoms with van der Waals surface area (Å²) in [5.74, 6) is 0. The Morgan fingerprint density at radius 3 is 2.38 bits per heavy atom. The lowest BCUT2D eigenvalue weighted by Crippen LogP contribution is -2.16. The molecule has 1 aromatic rings. The van der Waals surface area contributed by atoms with Crippen molar-refractivity contribution in [3.8, 4) is 0 Å². The second-order valence-corrected chi connectivity index (χ2v) is 5.67. The molecule has 0 atom stereocenters. The van der Waals surface area contributed by atoms with E-state index in [2.05, 4.69) is 36.5 Å². The van der Waals surface area contributed by atoms with E-state index in [1.54, 1.807) is 6.92 Å². The first-order valence-corrected chi connectivity index (χ1v) is 8.34. The molecule has 0 bridgehead atoms. The first kappa shape index (κ1) is 19.5. The normalized spacial score (nSPS) is 13.8. The van der Waals surface area contributed by atoms with Crippen molar-refractivity contribution >= 4 is 5.71 Å². The van der Waals surface area contributed by atoms with Gasteiger partial charge in [-0.05, 0) is 50.0 Å². The van der Waals surface area contributed by atoms with Gasteiger partial charge in [0, 0.05) is 18.0 Å². The molecule has 0 aromatic heterocycles. The van der Waals surface area contributed by atoms with Crippen LogP contribution in [0, 0.1) is 5.41 Å². The summed E-state index contributed by atoms with van der Waals surface area (Å²) in [6.45, 7) is 8.45. The number of nitrogens with one attached hydrogen (secondary N) is 2. The zero-order valence-electron chi connectivity index (χ0n) is 15.2.